The standard InChI is InChI=1S/C25H35N5/c1-2-5-11-23(10-4-1)30-18-8-9-20-19-26-25(28-24(20)30)27-21-12-14-22(15-13-21)29-16-6-3-7-17-29/h8,12-15,18-19,23-24H,1-7,9-11,16-17H2,(H2,26,27,28). The average molecular weight is 406 g/mol. The quantitative estimate of drug-likeness (QED) is 0.678. The molecule has 4 aliphatic rings. The number of benzene rings is 1. The van der Waals surface area contributed by atoms with Gasteiger partial charge in [-0.3, -0.25) is 0 Å². The highest BCUT2D eigenvalue weighted by molar-refractivity contribution is 5.95. The lowest BCUT2D eigenvalue weighted by molar-refractivity contribution is 0.201. The summed E-state index contributed by atoms with van der Waals surface area (Å²) < 4.78 is 0. The van der Waals surface area contributed by atoms with E-state index in [-0.39, 0.29) is 6.17 Å². The molecule has 30 heavy (non-hydrogen) atoms. The Morgan fingerprint density at radius 1 is 0.900 bits per heavy atom. The van der Waals surface area contributed by atoms with Crippen LogP contribution in [0, 0.1) is 0 Å². The maximum absolute atomic E-state index is 5.09. The first-order chi connectivity index (χ1) is 14.9. The van der Waals surface area contributed by atoms with Crippen molar-refractivity contribution in [2.45, 2.75) is 76.4 Å². The molecule has 1 atom stereocenters. The summed E-state index contributed by atoms with van der Waals surface area (Å²) in [5.41, 5.74) is 3.79. The van der Waals surface area contributed by atoms with Crippen molar-refractivity contribution in [3.8, 4) is 0 Å². The molecule has 1 unspecified atom stereocenters. The molecule has 0 aromatic heterocycles. The number of nitrogens with zero attached hydrogens (tertiary/aromatic N) is 3. The summed E-state index contributed by atoms with van der Waals surface area (Å²) in [6.45, 7) is 2.36. The predicted molar refractivity (Wildman–Crippen MR) is 126 cm³/mol. The lowest BCUT2D eigenvalue weighted by Gasteiger charge is -2.40. The zero-order valence-electron chi connectivity index (χ0n) is 18.0. The van der Waals surface area contributed by atoms with Crippen LogP contribution in [0.4, 0.5) is 11.4 Å². The number of hydrogen-bond acceptors (Lipinski definition) is 5. The number of nitrogens with one attached hydrogen (secondary N) is 2. The fraction of sp³-hybridized carbons (Fsp3) is 0.560. The normalized spacial score (nSPS) is 25.0. The van der Waals surface area contributed by atoms with Gasteiger partial charge in [0.25, 0.3) is 0 Å². The Bertz CT molecular complexity index is 795. The molecule has 0 bridgehead atoms. The molecule has 1 saturated heterocycles. The number of rotatable bonds is 3. The van der Waals surface area contributed by atoms with Crippen LogP contribution in [0.5, 0.6) is 0 Å². The monoisotopic (exact) mass is 405 g/mol. The van der Waals surface area contributed by atoms with E-state index in [1.807, 2.05) is 0 Å². The van der Waals surface area contributed by atoms with Crippen LogP contribution < -0.4 is 15.5 Å². The molecule has 160 valence electrons. The van der Waals surface area contributed by atoms with Crippen LogP contribution in [0.2, 0.25) is 0 Å². The van der Waals surface area contributed by atoms with Gasteiger partial charge in [0, 0.05) is 36.7 Å². The maximum Gasteiger partial charge on any atom is 0.202 e. The van der Waals surface area contributed by atoms with Crippen molar-refractivity contribution in [1.82, 2.24) is 10.2 Å². The van der Waals surface area contributed by atoms with E-state index < -0.39 is 0 Å². The molecule has 5 heteroatoms. The molecule has 5 nitrogen and oxygen atoms in total. The molecular formula is C25H35N5. The van der Waals surface area contributed by atoms with E-state index in [1.54, 1.807) is 0 Å². The second kappa shape index (κ2) is 9.15. The number of allylic oxidation sites excluding steroid dienone is 1. The van der Waals surface area contributed by atoms with Crippen molar-refractivity contribution in [3.63, 3.8) is 0 Å². The van der Waals surface area contributed by atoms with Crippen molar-refractivity contribution in [1.29, 1.82) is 0 Å². The number of aliphatic imine (C=N–C) groups is 1. The molecule has 2 N–H and O–H groups in total. The van der Waals surface area contributed by atoms with E-state index in [4.69, 9.17) is 4.99 Å². The van der Waals surface area contributed by atoms with Crippen molar-refractivity contribution in [3.05, 3.63) is 48.3 Å². The summed E-state index contributed by atoms with van der Waals surface area (Å²) in [5, 5.41) is 6.89. The summed E-state index contributed by atoms with van der Waals surface area (Å²) in [6, 6.07) is 9.44. The largest absolute Gasteiger partial charge is 0.372 e. The Hall–Kier alpha value is -2.43. The van der Waals surface area contributed by atoms with Gasteiger partial charge < -0.3 is 20.4 Å². The van der Waals surface area contributed by atoms with Crippen LogP contribution in [0.15, 0.2) is 53.3 Å². The third-order valence-corrected chi connectivity index (χ3v) is 6.99. The van der Waals surface area contributed by atoms with E-state index in [2.05, 4.69) is 63.2 Å². The molecule has 3 aliphatic heterocycles. The van der Waals surface area contributed by atoms with Gasteiger partial charge in [-0.25, -0.2) is 4.99 Å². The van der Waals surface area contributed by atoms with E-state index in [1.165, 1.54) is 82.1 Å². The fourth-order valence-electron chi connectivity index (χ4n) is 5.28. The Labute approximate surface area is 180 Å². The molecular weight excluding hydrogens is 370 g/mol. The number of hydrogen-bond donors (Lipinski definition) is 2. The van der Waals surface area contributed by atoms with Gasteiger partial charge in [-0.1, -0.05) is 31.8 Å². The third-order valence-electron chi connectivity index (χ3n) is 6.99. The summed E-state index contributed by atoms with van der Waals surface area (Å²) in [5.74, 6) is 0.850. The van der Waals surface area contributed by atoms with Crippen molar-refractivity contribution in [2.75, 3.05) is 23.3 Å². The van der Waals surface area contributed by atoms with Crippen LogP contribution in [-0.4, -0.2) is 36.2 Å². The molecule has 5 rings (SSSR count). The van der Waals surface area contributed by atoms with Gasteiger partial charge in [-0.15, -0.1) is 0 Å². The van der Waals surface area contributed by atoms with Gasteiger partial charge in [-0.2, -0.15) is 0 Å². The van der Waals surface area contributed by atoms with E-state index >= 15 is 0 Å². The minimum atomic E-state index is 0.134. The first-order valence-corrected chi connectivity index (χ1v) is 12.0. The summed E-state index contributed by atoms with van der Waals surface area (Å²) >= 11 is 0. The number of anilines is 2. The highest BCUT2D eigenvalue weighted by Crippen LogP contribution is 2.31. The van der Waals surface area contributed by atoms with Crippen LogP contribution >= 0.6 is 0 Å². The number of piperidine rings is 1. The Morgan fingerprint density at radius 3 is 2.40 bits per heavy atom. The topological polar surface area (TPSA) is 42.9 Å². The van der Waals surface area contributed by atoms with Crippen LogP contribution in [0.3, 0.4) is 0 Å². The fourth-order valence-corrected chi connectivity index (χ4v) is 5.28. The van der Waals surface area contributed by atoms with Crippen LogP contribution in [-0.2, 0) is 0 Å². The number of fused-ring (bicyclic) bond motifs is 1. The highest BCUT2D eigenvalue weighted by atomic mass is 15.3. The van der Waals surface area contributed by atoms with Gasteiger partial charge in [0.05, 0.1) is 0 Å². The first kappa shape index (κ1) is 19.5. The van der Waals surface area contributed by atoms with Gasteiger partial charge in [-0.05, 0) is 74.6 Å². The smallest absolute Gasteiger partial charge is 0.202 e. The van der Waals surface area contributed by atoms with E-state index in [0.29, 0.717) is 6.04 Å². The lowest BCUT2D eigenvalue weighted by Crippen LogP contribution is -2.45. The summed E-state index contributed by atoms with van der Waals surface area (Å²) in [6.07, 6.45) is 19.9. The molecule has 0 spiro atoms. The second-order valence-electron chi connectivity index (χ2n) is 9.12. The SMILES string of the molecule is C1=CN(C2CCCCCC2)C2N=C(Nc3ccc(N4CCCCC4)cc3)NC=C2C1. The van der Waals surface area contributed by atoms with Gasteiger partial charge in [0.2, 0.25) is 5.96 Å². The zero-order chi connectivity index (χ0) is 20.2. The summed E-state index contributed by atoms with van der Waals surface area (Å²) in [7, 11) is 0. The van der Waals surface area contributed by atoms with E-state index in [0.717, 1.165) is 18.1 Å². The van der Waals surface area contributed by atoms with Crippen LogP contribution in [0.25, 0.3) is 0 Å². The minimum absolute atomic E-state index is 0.134. The highest BCUT2D eigenvalue weighted by Gasteiger charge is 2.30. The maximum atomic E-state index is 5.09. The zero-order valence-corrected chi connectivity index (χ0v) is 18.0. The molecule has 0 radical (unpaired) electrons. The Kier molecular flexibility index (Phi) is 5.96. The average Bonchev–Trinajstić information content (AvgIpc) is 3.09. The molecule has 2 fully saturated rings. The Morgan fingerprint density at radius 2 is 1.63 bits per heavy atom. The molecule has 1 aliphatic carbocycles. The van der Waals surface area contributed by atoms with Gasteiger partial charge >= 0.3 is 0 Å². The molecule has 1 saturated carbocycles. The number of guanidine groups is 1. The lowest BCUT2D eigenvalue weighted by atomic mass is 10.00. The van der Waals surface area contributed by atoms with Gasteiger partial charge in [0.15, 0.2) is 0 Å². The van der Waals surface area contributed by atoms with E-state index in [9.17, 15) is 0 Å². The van der Waals surface area contributed by atoms with Crippen molar-refractivity contribution < 1.29 is 0 Å². The van der Waals surface area contributed by atoms with Crippen molar-refractivity contribution in [2.24, 2.45) is 4.99 Å². The Balaban J connectivity index is 1.27. The molecule has 1 aromatic rings. The summed E-state index contributed by atoms with van der Waals surface area (Å²) in [4.78, 5) is 10.1. The molecule has 3 heterocycles. The third kappa shape index (κ3) is 4.35. The van der Waals surface area contributed by atoms with Crippen molar-refractivity contribution >= 4 is 17.3 Å². The molecule has 1 aromatic carbocycles. The second-order valence-corrected chi connectivity index (χ2v) is 9.12. The predicted octanol–water partition coefficient (Wildman–Crippen LogP) is 5.20. The van der Waals surface area contributed by atoms with Crippen LogP contribution in [0.1, 0.15) is 64.2 Å². The molecule has 0 amide bonds. The minimum Gasteiger partial charge on any atom is -0.372 e. The van der Waals surface area contributed by atoms with Gasteiger partial charge in [0.1, 0.15) is 6.17 Å². The first-order valence-electron chi connectivity index (χ1n) is 12.0.